The summed E-state index contributed by atoms with van der Waals surface area (Å²) in [7, 11) is -3.62. The number of hydrogen-bond acceptors (Lipinski definition) is 3. The number of sulfonamides is 1. The van der Waals surface area contributed by atoms with Crippen molar-refractivity contribution in [1.82, 2.24) is 9.62 Å². The van der Waals surface area contributed by atoms with Crippen LogP contribution in [-0.2, 0) is 21.4 Å². The standard InChI is InChI=1S/C20H32N2O3S/c1-4-17(3)22(14-18-8-6-5-7-9-18)20(23)15-26(24,25)21-19-12-10-16(2)11-13-19/h5-9,16-17,19,21H,4,10-15H2,1-3H3. The second-order valence-electron chi connectivity index (χ2n) is 7.60. The van der Waals surface area contributed by atoms with Gasteiger partial charge in [0.25, 0.3) is 0 Å². The first-order valence-corrected chi connectivity index (χ1v) is 11.3. The molecule has 0 aliphatic heterocycles. The fourth-order valence-corrected chi connectivity index (χ4v) is 4.73. The third-order valence-electron chi connectivity index (χ3n) is 5.31. The monoisotopic (exact) mass is 380 g/mol. The van der Waals surface area contributed by atoms with Crippen LogP contribution in [0.2, 0.25) is 0 Å². The number of benzene rings is 1. The van der Waals surface area contributed by atoms with Crippen LogP contribution in [-0.4, -0.2) is 37.1 Å². The van der Waals surface area contributed by atoms with Crippen LogP contribution in [0.15, 0.2) is 30.3 Å². The van der Waals surface area contributed by atoms with Gasteiger partial charge in [0.2, 0.25) is 15.9 Å². The van der Waals surface area contributed by atoms with E-state index < -0.39 is 15.8 Å². The molecule has 5 nitrogen and oxygen atoms in total. The maximum absolute atomic E-state index is 12.8. The summed E-state index contributed by atoms with van der Waals surface area (Å²) in [5.74, 6) is -0.153. The van der Waals surface area contributed by atoms with Crippen molar-refractivity contribution in [3.05, 3.63) is 35.9 Å². The van der Waals surface area contributed by atoms with Crippen LogP contribution >= 0.6 is 0 Å². The van der Waals surface area contributed by atoms with Crippen LogP contribution < -0.4 is 4.72 Å². The average Bonchev–Trinajstić information content (AvgIpc) is 2.61. The van der Waals surface area contributed by atoms with Gasteiger partial charge in [-0.3, -0.25) is 4.79 Å². The molecule has 1 unspecified atom stereocenters. The summed E-state index contributed by atoms with van der Waals surface area (Å²) in [4.78, 5) is 14.4. The molecule has 2 rings (SSSR count). The van der Waals surface area contributed by atoms with Gasteiger partial charge in [0.15, 0.2) is 0 Å². The molecule has 1 fully saturated rings. The van der Waals surface area contributed by atoms with E-state index in [2.05, 4.69) is 11.6 Å². The number of carbonyl (C=O) groups is 1. The van der Waals surface area contributed by atoms with Gasteiger partial charge in [-0.05, 0) is 50.5 Å². The zero-order valence-electron chi connectivity index (χ0n) is 16.1. The maximum Gasteiger partial charge on any atom is 0.239 e. The SMILES string of the molecule is CCC(C)N(Cc1ccccc1)C(=O)CS(=O)(=O)NC1CCC(C)CC1. The summed E-state index contributed by atoms with van der Waals surface area (Å²) in [6.45, 7) is 6.60. The fraction of sp³-hybridized carbons (Fsp3) is 0.650. The second kappa shape index (κ2) is 9.51. The Kier molecular flexibility index (Phi) is 7.65. The molecule has 0 bridgehead atoms. The van der Waals surface area contributed by atoms with E-state index in [4.69, 9.17) is 0 Å². The number of amides is 1. The highest BCUT2D eigenvalue weighted by Gasteiger charge is 2.28. The van der Waals surface area contributed by atoms with Crippen molar-refractivity contribution in [1.29, 1.82) is 0 Å². The minimum absolute atomic E-state index is 0.00608. The first-order chi connectivity index (χ1) is 12.3. The first kappa shape index (κ1) is 20.9. The molecule has 1 N–H and O–H groups in total. The van der Waals surface area contributed by atoms with Crippen LogP contribution in [0.5, 0.6) is 0 Å². The third kappa shape index (κ3) is 6.40. The molecular formula is C20H32N2O3S. The van der Waals surface area contributed by atoms with Crippen LogP contribution in [0.4, 0.5) is 0 Å². The van der Waals surface area contributed by atoms with Crippen molar-refractivity contribution in [2.75, 3.05) is 5.75 Å². The normalized spacial score (nSPS) is 22.0. The van der Waals surface area contributed by atoms with E-state index in [0.717, 1.165) is 37.7 Å². The van der Waals surface area contributed by atoms with Crippen molar-refractivity contribution in [2.45, 2.75) is 71.5 Å². The van der Waals surface area contributed by atoms with Gasteiger partial charge in [-0.1, -0.05) is 44.2 Å². The second-order valence-corrected chi connectivity index (χ2v) is 9.35. The van der Waals surface area contributed by atoms with Gasteiger partial charge < -0.3 is 4.90 Å². The van der Waals surface area contributed by atoms with Crippen LogP contribution in [0, 0.1) is 5.92 Å². The van der Waals surface area contributed by atoms with E-state index in [0.29, 0.717) is 12.5 Å². The topological polar surface area (TPSA) is 66.5 Å². The summed E-state index contributed by atoms with van der Waals surface area (Å²) in [5, 5.41) is 0. The highest BCUT2D eigenvalue weighted by Crippen LogP contribution is 2.24. The van der Waals surface area contributed by atoms with Gasteiger partial charge in [-0.15, -0.1) is 0 Å². The van der Waals surface area contributed by atoms with Crippen LogP contribution in [0.1, 0.15) is 58.4 Å². The Hall–Kier alpha value is -1.40. The Morgan fingerprint density at radius 3 is 2.38 bits per heavy atom. The van der Waals surface area contributed by atoms with Crippen molar-refractivity contribution >= 4 is 15.9 Å². The van der Waals surface area contributed by atoms with Gasteiger partial charge in [0.05, 0.1) is 0 Å². The van der Waals surface area contributed by atoms with Crippen molar-refractivity contribution in [2.24, 2.45) is 5.92 Å². The zero-order valence-corrected chi connectivity index (χ0v) is 17.0. The lowest BCUT2D eigenvalue weighted by molar-refractivity contribution is -0.131. The van der Waals surface area contributed by atoms with E-state index in [-0.39, 0.29) is 18.0 Å². The molecule has 0 spiro atoms. The lowest BCUT2D eigenvalue weighted by Crippen LogP contribution is -2.45. The van der Waals surface area contributed by atoms with Crippen molar-refractivity contribution in [3.8, 4) is 0 Å². The number of nitrogens with one attached hydrogen (secondary N) is 1. The highest BCUT2D eigenvalue weighted by molar-refractivity contribution is 7.90. The molecule has 1 amide bonds. The van der Waals surface area contributed by atoms with E-state index >= 15 is 0 Å². The summed E-state index contributed by atoms with van der Waals surface area (Å²) in [6, 6.07) is 9.66. The van der Waals surface area contributed by atoms with Gasteiger partial charge in [-0.2, -0.15) is 0 Å². The molecule has 26 heavy (non-hydrogen) atoms. The number of carbonyl (C=O) groups excluding carboxylic acids is 1. The Balaban J connectivity index is 2.00. The van der Waals surface area contributed by atoms with Crippen molar-refractivity contribution in [3.63, 3.8) is 0 Å². The molecule has 0 radical (unpaired) electrons. The molecule has 1 aromatic carbocycles. The zero-order chi connectivity index (χ0) is 19.2. The molecule has 1 atom stereocenters. The molecule has 6 heteroatoms. The Bertz CT molecular complexity index is 668. The van der Waals surface area contributed by atoms with E-state index in [1.165, 1.54) is 0 Å². The highest BCUT2D eigenvalue weighted by atomic mass is 32.2. The molecule has 1 aromatic rings. The fourth-order valence-electron chi connectivity index (χ4n) is 3.41. The first-order valence-electron chi connectivity index (χ1n) is 9.64. The summed E-state index contributed by atoms with van der Waals surface area (Å²) in [5.41, 5.74) is 1.01. The quantitative estimate of drug-likeness (QED) is 0.752. The lowest BCUT2D eigenvalue weighted by atomic mass is 9.88. The van der Waals surface area contributed by atoms with Gasteiger partial charge >= 0.3 is 0 Å². The Morgan fingerprint density at radius 2 is 1.81 bits per heavy atom. The van der Waals surface area contributed by atoms with E-state index in [1.54, 1.807) is 4.90 Å². The number of hydrogen-bond donors (Lipinski definition) is 1. The maximum atomic E-state index is 12.8. The average molecular weight is 381 g/mol. The van der Waals surface area contributed by atoms with E-state index in [1.807, 2.05) is 44.2 Å². The molecule has 1 aliphatic rings. The Labute approximate surface area is 158 Å². The van der Waals surface area contributed by atoms with Crippen LogP contribution in [0.3, 0.4) is 0 Å². The summed E-state index contributed by atoms with van der Waals surface area (Å²) < 4.78 is 27.7. The van der Waals surface area contributed by atoms with Gasteiger partial charge in [-0.25, -0.2) is 13.1 Å². The number of nitrogens with zero attached hydrogens (tertiary/aromatic N) is 1. The van der Waals surface area contributed by atoms with Gasteiger partial charge in [0.1, 0.15) is 5.75 Å². The molecular weight excluding hydrogens is 348 g/mol. The molecule has 1 saturated carbocycles. The number of rotatable bonds is 8. The lowest BCUT2D eigenvalue weighted by Gasteiger charge is -2.30. The molecule has 0 heterocycles. The third-order valence-corrected chi connectivity index (χ3v) is 6.63. The Morgan fingerprint density at radius 1 is 1.19 bits per heavy atom. The predicted molar refractivity (Wildman–Crippen MR) is 105 cm³/mol. The molecule has 1 aliphatic carbocycles. The minimum Gasteiger partial charge on any atom is -0.335 e. The van der Waals surface area contributed by atoms with Crippen LogP contribution in [0.25, 0.3) is 0 Å². The molecule has 146 valence electrons. The minimum atomic E-state index is -3.62. The molecule has 0 aromatic heterocycles. The van der Waals surface area contributed by atoms with Gasteiger partial charge in [0, 0.05) is 18.6 Å². The predicted octanol–water partition coefficient (Wildman–Crippen LogP) is 3.31. The molecule has 0 saturated heterocycles. The van der Waals surface area contributed by atoms with E-state index in [9.17, 15) is 13.2 Å². The summed E-state index contributed by atoms with van der Waals surface area (Å²) in [6.07, 6.45) is 4.57. The van der Waals surface area contributed by atoms with Crippen molar-refractivity contribution < 1.29 is 13.2 Å². The largest absolute Gasteiger partial charge is 0.335 e. The smallest absolute Gasteiger partial charge is 0.239 e. The summed E-state index contributed by atoms with van der Waals surface area (Å²) >= 11 is 0.